The quantitative estimate of drug-likeness (QED) is 0.735. The van der Waals surface area contributed by atoms with Crippen molar-refractivity contribution in [3.8, 4) is 0 Å². The van der Waals surface area contributed by atoms with Crippen LogP contribution in [0.2, 0.25) is 0 Å². The summed E-state index contributed by atoms with van der Waals surface area (Å²) in [6, 6.07) is 0. The average molecular weight is 229 g/mol. The normalized spacial score (nSPS) is 24.0. The fourth-order valence-electron chi connectivity index (χ4n) is 2.74. The molecule has 0 amide bonds. The zero-order valence-corrected chi connectivity index (χ0v) is 12.6. The lowest BCUT2D eigenvalue weighted by Gasteiger charge is -2.32. The molecule has 0 unspecified atom stereocenters. The SMILES string of the molecule is CC.CC[C@H]1CCCC[C@H]1CC(C)C.CN. The van der Waals surface area contributed by atoms with Gasteiger partial charge in [0.15, 0.2) is 0 Å². The minimum absolute atomic E-state index is 0.905. The molecular weight excluding hydrogens is 194 g/mol. The molecule has 16 heavy (non-hydrogen) atoms. The van der Waals surface area contributed by atoms with Gasteiger partial charge in [-0.05, 0) is 31.2 Å². The number of hydrogen-bond donors (Lipinski definition) is 1. The van der Waals surface area contributed by atoms with Gasteiger partial charge in [-0.1, -0.05) is 66.7 Å². The molecule has 2 atom stereocenters. The van der Waals surface area contributed by atoms with Crippen molar-refractivity contribution in [1.82, 2.24) is 0 Å². The summed E-state index contributed by atoms with van der Waals surface area (Å²) < 4.78 is 0. The van der Waals surface area contributed by atoms with E-state index < -0.39 is 0 Å². The van der Waals surface area contributed by atoms with Crippen LogP contribution in [-0.4, -0.2) is 7.05 Å². The molecule has 0 aromatic rings. The Balaban J connectivity index is 0. The van der Waals surface area contributed by atoms with Gasteiger partial charge < -0.3 is 5.73 Å². The Hall–Kier alpha value is -0.0400. The van der Waals surface area contributed by atoms with Gasteiger partial charge in [0.2, 0.25) is 0 Å². The molecule has 1 fully saturated rings. The molecule has 0 heterocycles. The molecule has 0 radical (unpaired) electrons. The van der Waals surface area contributed by atoms with Crippen LogP contribution in [0, 0.1) is 17.8 Å². The van der Waals surface area contributed by atoms with E-state index in [1.165, 1.54) is 45.6 Å². The van der Waals surface area contributed by atoms with E-state index in [-0.39, 0.29) is 0 Å². The third kappa shape index (κ3) is 8.15. The van der Waals surface area contributed by atoms with Gasteiger partial charge in [-0.15, -0.1) is 0 Å². The first-order chi connectivity index (χ1) is 7.74. The molecule has 0 saturated heterocycles. The van der Waals surface area contributed by atoms with Gasteiger partial charge in [-0.3, -0.25) is 0 Å². The second kappa shape index (κ2) is 13.0. The maximum atomic E-state index is 4.50. The van der Waals surface area contributed by atoms with Gasteiger partial charge in [0.1, 0.15) is 0 Å². The van der Waals surface area contributed by atoms with E-state index in [0.29, 0.717) is 0 Å². The minimum atomic E-state index is 0.905. The predicted molar refractivity (Wildman–Crippen MR) is 76.7 cm³/mol. The molecule has 1 aliphatic rings. The summed E-state index contributed by atoms with van der Waals surface area (Å²) in [6.45, 7) is 11.1. The van der Waals surface area contributed by atoms with E-state index in [4.69, 9.17) is 0 Å². The van der Waals surface area contributed by atoms with Gasteiger partial charge in [0.05, 0.1) is 0 Å². The van der Waals surface area contributed by atoms with Crippen molar-refractivity contribution in [2.24, 2.45) is 23.5 Å². The number of hydrogen-bond acceptors (Lipinski definition) is 1. The Labute approximate surface area is 104 Å². The maximum Gasteiger partial charge on any atom is -0.0195 e. The third-order valence-corrected chi connectivity index (χ3v) is 3.37. The van der Waals surface area contributed by atoms with E-state index in [1.54, 1.807) is 0 Å². The summed E-state index contributed by atoms with van der Waals surface area (Å²) in [5, 5.41) is 0. The van der Waals surface area contributed by atoms with E-state index in [1.807, 2.05) is 13.8 Å². The molecule has 1 aliphatic carbocycles. The standard InChI is InChI=1S/C12H24.C2H6.CH5N/c1-4-11-7-5-6-8-12(11)9-10(2)3;2*1-2/h10-12H,4-9H2,1-3H3;1-2H3;2H2,1H3/t11-,12-;;/m0../s1. The van der Waals surface area contributed by atoms with E-state index in [2.05, 4.69) is 26.5 Å². The van der Waals surface area contributed by atoms with E-state index >= 15 is 0 Å². The summed E-state index contributed by atoms with van der Waals surface area (Å²) >= 11 is 0. The van der Waals surface area contributed by atoms with E-state index in [9.17, 15) is 0 Å². The molecule has 0 aromatic heterocycles. The predicted octanol–water partition coefficient (Wildman–Crippen LogP) is 4.85. The van der Waals surface area contributed by atoms with Crippen molar-refractivity contribution in [2.45, 2.75) is 73.1 Å². The molecule has 1 nitrogen and oxygen atoms in total. The number of rotatable bonds is 3. The van der Waals surface area contributed by atoms with Crippen molar-refractivity contribution in [3.05, 3.63) is 0 Å². The monoisotopic (exact) mass is 229 g/mol. The Morgan fingerprint density at radius 1 is 1.00 bits per heavy atom. The Morgan fingerprint density at radius 2 is 1.44 bits per heavy atom. The van der Waals surface area contributed by atoms with Crippen LogP contribution in [0.25, 0.3) is 0 Å². The Bertz CT molecular complexity index is 121. The van der Waals surface area contributed by atoms with Gasteiger partial charge in [0.25, 0.3) is 0 Å². The maximum absolute atomic E-state index is 4.50. The van der Waals surface area contributed by atoms with Crippen LogP contribution in [0.4, 0.5) is 0 Å². The fourth-order valence-corrected chi connectivity index (χ4v) is 2.74. The van der Waals surface area contributed by atoms with Crippen LogP contribution in [-0.2, 0) is 0 Å². The summed E-state index contributed by atoms with van der Waals surface area (Å²) in [4.78, 5) is 0. The summed E-state index contributed by atoms with van der Waals surface area (Å²) in [5.41, 5.74) is 4.50. The molecule has 1 saturated carbocycles. The zero-order chi connectivity index (χ0) is 13.0. The fraction of sp³-hybridized carbons (Fsp3) is 1.00. The second-order valence-corrected chi connectivity index (χ2v) is 4.84. The minimum Gasteiger partial charge on any atom is -0.333 e. The zero-order valence-electron chi connectivity index (χ0n) is 12.6. The first kappa shape index (κ1) is 18.3. The molecule has 2 N–H and O–H groups in total. The van der Waals surface area contributed by atoms with Crippen LogP contribution in [0.15, 0.2) is 0 Å². The summed E-state index contributed by atoms with van der Waals surface area (Å²) in [5.74, 6) is 3.02. The third-order valence-electron chi connectivity index (χ3n) is 3.37. The molecule has 0 spiro atoms. The molecule has 0 bridgehead atoms. The van der Waals surface area contributed by atoms with Crippen LogP contribution in [0.1, 0.15) is 73.1 Å². The highest BCUT2D eigenvalue weighted by Gasteiger charge is 2.23. The second-order valence-electron chi connectivity index (χ2n) is 4.84. The first-order valence-corrected chi connectivity index (χ1v) is 7.31. The summed E-state index contributed by atoms with van der Waals surface area (Å²) in [7, 11) is 1.50. The van der Waals surface area contributed by atoms with Gasteiger partial charge in [-0.25, -0.2) is 0 Å². The molecule has 1 heteroatoms. The van der Waals surface area contributed by atoms with Gasteiger partial charge in [0, 0.05) is 0 Å². The van der Waals surface area contributed by atoms with Crippen molar-refractivity contribution in [2.75, 3.05) is 7.05 Å². The van der Waals surface area contributed by atoms with Gasteiger partial charge in [-0.2, -0.15) is 0 Å². The highest BCUT2D eigenvalue weighted by Crippen LogP contribution is 2.35. The van der Waals surface area contributed by atoms with Crippen LogP contribution in [0.5, 0.6) is 0 Å². The largest absolute Gasteiger partial charge is 0.333 e. The molecule has 1 rings (SSSR count). The lowest BCUT2D eigenvalue weighted by atomic mass is 9.74. The van der Waals surface area contributed by atoms with Crippen LogP contribution in [0.3, 0.4) is 0 Å². The van der Waals surface area contributed by atoms with Gasteiger partial charge >= 0.3 is 0 Å². The van der Waals surface area contributed by atoms with Crippen molar-refractivity contribution in [1.29, 1.82) is 0 Å². The van der Waals surface area contributed by atoms with Crippen molar-refractivity contribution >= 4 is 0 Å². The first-order valence-electron chi connectivity index (χ1n) is 7.31. The van der Waals surface area contributed by atoms with Crippen molar-refractivity contribution in [3.63, 3.8) is 0 Å². The molecule has 0 aliphatic heterocycles. The Morgan fingerprint density at radius 3 is 1.81 bits per heavy atom. The highest BCUT2D eigenvalue weighted by molar-refractivity contribution is 4.75. The highest BCUT2D eigenvalue weighted by atomic mass is 14.4. The topological polar surface area (TPSA) is 26.0 Å². The number of nitrogens with two attached hydrogens (primary N) is 1. The average Bonchev–Trinajstić information content (AvgIpc) is 2.34. The molecule has 0 aromatic carbocycles. The van der Waals surface area contributed by atoms with Crippen LogP contribution >= 0.6 is 0 Å². The molecular formula is C15H35N. The Kier molecular flexibility index (Phi) is 14.9. The van der Waals surface area contributed by atoms with Crippen LogP contribution < -0.4 is 5.73 Å². The lowest BCUT2D eigenvalue weighted by molar-refractivity contribution is 0.199. The molecule has 100 valence electrons. The lowest BCUT2D eigenvalue weighted by Crippen LogP contribution is -2.20. The summed E-state index contributed by atoms with van der Waals surface area (Å²) in [6.07, 6.45) is 8.89. The van der Waals surface area contributed by atoms with Crippen molar-refractivity contribution < 1.29 is 0 Å². The van der Waals surface area contributed by atoms with E-state index in [0.717, 1.165) is 17.8 Å². The smallest absolute Gasteiger partial charge is 0.0195 e.